The van der Waals surface area contributed by atoms with Crippen molar-refractivity contribution in [1.82, 2.24) is 5.32 Å². The highest BCUT2D eigenvalue weighted by Gasteiger charge is 2.15. The van der Waals surface area contributed by atoms with Gasteiger partial charge in [0.1, 0.15) is 5.60 Å². The lowest BCUT2D eigenvalue weighted by atomic mass is 9.90. The first-order chi connectivity index (χ1) is 7.47. The average molecular weight is 223 g/mol. The molecule has 16 heavy (non-hydrogen) atoms. The molecule has 1 saturated carbocycles. The molecule has 1 aliphatic carbocycles. The van der Waals surface area contributed by atoms with Crippen LogP contribution >= 0.6 is 0 Å². The molecule has 0 aromatic heterocycles. The van der Waals surface area contributed by atoms with Crippen LogP contribution in [0.5, 0.6) is 0 Å². The minimum Gasteiger partial charge on any atom is -0.443 e. The summed E-state index contributed by atoms with van der Waals surface area (Å²) in [5.41, 5.74) is -0.462. The van der Waals surface area contributed by atoms with E-state index in [9.17, 15) is 4.79 Å². The Balaban J connectivity index is 2.27. The molecule has 1 amide bonds. The number of amides is 1. The number of carbonyl (C=O) groups is 1. The number of ether oxygens (including phenoxy) is 1. The normalized spacial score (nSPS) is 17.2. The van der Waals surface area contributed by atoms with Crippen LogP contribution in [0.3, 0.4) is 0 Å². The van der Waals surface area contributed by atoms with E-state index in [2.05, 4.69) is 17.3 Å². The summed E-state index contributed by atoms with van der Waals surface area (Å²) in [4.78, 5) is 11.3. The average Bonchev–Trinajstić information content (AvgIpc) is 2.16. The fraction of sp³-hybridized carbons (Fsp3) is 0.769. The number of hydrogen-bond donors (Lipinski definition) is 1. The molecule has 90 valence electrons. The molecule has 0 aromatic carbocycles. The van der Waals surface area contributed by atoms with E-state index < -0.39 is 11.7 Å². The predicted molar refractivity (Wildman–Crippen MR) is 63.7 cm³/mol. The topological polar surface area (TPSA) is 38.3 Å². The Labute approximate surface area is 97.9 Å². The van der Waals surface area contributed by atoms with Crippen molar-refractivity contribution in [3.05, 3.63) is 0 Å². The van der Waals surface area contributed by atoms with Gasteiger partial charge in [-0.1, -0.05) is 25.2 Å². The Morgan fingerprint density at radius 2 is 1.88 bits per heavy atom. The second-order valence-corrected chi connectivity index (χ2v) is 5.23. The maximum atomic E-state index is 11.3. The van der Waals surface area contributed by atoms with Crippen LogP contribution in [0.4, 0.5) is 4.79 Å². The standard InChI is InChI=1S/C13H21NO2/c1-13(2,3)16-12(15)14-10-9-11-7-5-4-6-8-11/h11H,4-8H2,1-3H3,(H,14,15). The molecule has 1 fully saturated rings. The fourth-order valence-corrected chi connectivity index (χ4v) is 1.74. The highest BCUT2D eigenvalue weighted by molar-refractivity contribution is 5.69. The van der Waals surface area contributed by atoms with Crippen molar-refractivity contribution < 1.29 is 9.53 Å². The van der Waals surface area contributed by atoms with Gasteiger partial charge < -0.3 is 4.74 Å². The first-order valence-corrected chi connectivity index (χ1v) is 5.97. The van der Waals surface area contributed by atoms with Crippen LogP contribution in [0.2, 0.25) is 0 Å². The molecule has 0 aliphatic heterocycles. The Morgan fingerprint density at radius 3 is 2.44 bits per heavy atom. The Kier molecular flexibility index (Phi) is 4.67. The SMILES string of the molecule is CC(C)(C)OC(=O)NC#CC1CCCCC1. The lowest BCUT2D eigenvalue weighted by Gasteiger charge is -2.18. The van der Waals surface area contributed by atoms with Gasteiger partial charge in [0, 0.05) is 12.0 Å². The van der Waals surface area contributed by atoms with Crippen molar-refractivity contribution in [3.8, 4) is 12.0 Å². The van der Waals surface area contributed by atoms with E-state index in [1.54, 1.807) is 0 Å². The summed E-state index contributed by atoms with van der Waals surface area (Å²) in [6.07, 6.45) is 5.68. The highest BCUT2D eigenvalue weighted by Crippen LogP contribution is 2.22. The van der Waals surface area contributed by atoms with Crippen molar-refractivity contribution in [2.24, 2.45) is 5.92 Å². The molecule has 3 nitrogen and oxygen atoms in total. The zero-order chi connectivity index (χ0) is 12.0. The molecular formula is C13H21NO2. The van der Waals surface area contributed by atoms with Crippen molar-refractivity contribution in [2.75, 3.05) is 0 Å². The quantitative estimate of drug-likeness (QED) is 0.506. The Morgan fingerprint density at radius 1 is 1.25 bits per heavy atom. The molecule has 0 bridgehead atoms. The van der Waals surface area contributed by atoms with Gasteiger partial charge >= 0.3 is 6.09 Å². The van der Waals surface area contributed by atoms with Crippen LogP contribution in [-0.4, -0.2) is 11.7 Å². The van der Waals surface area contributed by atoms with Crippen LogP contribution < -0.4 is 5.32 Å². The van der Waals surface area contributed by atoms with E-state index >= 15 is 0 Å². The molecule has 0 aromatic rings. The van der Waals surface area contributed by atoms with Gasteiger partial charge in [0.25, 0.3) is 0 Å². The third-order valence-electron chi connectivity index (χ3n) is 2.44. The molecule has 0 radical (unpaired) electrons. The second kappa shape index (κ2) is 5.79. The fourth-order valence-electron chi connectivity index (χ4n) is 1.74. The largest absolute Gasteiger partial charge is 0.443 e. The van der Waals surface area contributed by atoms with E-state index in [-0.39, 0.29) is 0 Å². The number of hydrogen-bond acceptors (Lipinski definition) is 2. The van der Waals surface area contributed by atoms with Gasteiger partial charge in [0.2, 0.25) is 0 Å². The van der Waals surface area contributed by atoms with E-state index in [0.717, 1.165) is 12.8 Å². The van der Waals surface area contributed by atoms with E-state index in [4.69, 9.17) is 4.74 Å². The zero-order valence-corrected chi connectivity index (χ0v) is 10.4. The first-order valence-electron chi connectivity index (χ1n) is 5.97. The molecule has 0 unspecified atom stereocenters. The monoisotopic (exact) mass is 223 g/mol. The maximum absolute atomic E-state index is 11.3. The molecular weight excluding hydrogens is 202 g/mol. The molecule has 0 heterocycles. The first kappa shape index (κ1) is 12.9. The number of rotatable bonds is 0. The summed E-state index contributed by atoms with van der Waals surface area (Å²) >= 11 is 0. The Hall–Kier alpha value is -1.17. The molecule has 1 N–H and O–H groups in total. The third-order valence-corrected chi connectivity index (χ3v) is 2.44. The van der Waals surface area contributed by atoms with Crippen LogP contribution in [0.15, 0.2) is 0 Å². The van der Waals surface area contributed by atoms with Gasteiger partial charge in [0.05, 0.1) is 0 Å². The van der Waals surface area contributed by atoms with Crippen molar-refractivity contribution in [1.29, 1.82) is 0 Å². The maximum Gasteiger partial charge on any atom is 0.419 e. The van der Waals surface area contributed by atoms with Crippen LogP contribution in [-0.2, 0) is 4.74 Å². The molecule has 0 saturated heterocycles. The molecule has 1 aliphatic rings. The molecule has 3 heteroatoms. The number of carbonyl (C=O) groups excluding carboxylic acids is 1. The van der Waals surface area contributed by atoms with Gasteiger partial charge in [-0.05, 0) is 33.6 Å². The smallest absolute Gasteiger partial charge is 0.419 e. The summed E-state index contributed by atoms with van der Waals surface area (Å²) in [5.74, 6) is 3.52. The van der Waals surface area contributed by atoms with Crippen LogP contribution in [0.1, 0.15) is 52.9 Å². The molecule has 0 atom stereocenters. The summed E-state index contributed by atoms with van der Waals surface area (Å²) in [6, 6.07) is 2.70. The van der Waals surface area contributed by atoms with E-state index in [1.165, 1.54) is 19.3 Å². The molecule has 0 spiro atoms. The minimum absolute atomic E-state index is 0.448. The van der Waals surface area contributed by atoms with Gasteiger partial charge in [-0.2, -0.15) is 0 Å². The molecule has 1 rings (SSSR count). The van der Waals surface area contributed by atoms with E-state index in [0.29, 0.717) is 5.92 Å². The Bertz CT molecular complexity index is 287. The number of nitrogens with one attached hydrogen (secondary N) is 1. The van der Waals surface area contributed by atoms with Crippen molar-refractivity contribution in [2.45, 2.75) is 58.5 Å². The predicted octanol–water partition coefficient (Wildman–Crippen LogP) is 3.05. The van der Waals surface area contributed by atoms with E-state index in [1.807, 2.05) is 20.8 Å². The lowest BCUT2D eigenvalue weighted by molar-refractivity contribution is 0.0557. The minimum atomic E-state index is -0.462. The highest BCUT2D eigenvalue weighted by atomic mass is 16.6. The zero-order valence-electron chi connectivity index (χ0n) is 10.4. The third kappa shape index (κ3) is 5.65. The van der Waals surface area contributed by atoms with Crippen LogP contribution in [0, 0.1) is 17.9 Å². The van der Waals surface area contributed by atoms with Gasteiger partial charge in [-0.15, -0.1) is 0 Å². The summed E-state index contributed by atoms with van der Waals surface area (Å²) in [7, 11) is 0. The van der Waals surface area contributed by atoms with Gasteiger partial charge in [-0.25, -0.2) is 10.1 Å². The lowest BCUT2D eigenvalue weighted by Crippen LogP contribution is -2.30. The summed E-state index contributed by atoms with van der Waals surface area (Å²) in [5, 5.41) is 2.46. The number of alkyl carbamates (subject to hydrolysis) is 1. The second-order valence-electron chi connectivity index (χ2n) is 5.23. The summed E-state index contributed by atoms with van der Waals surface area (Å²) < 4.78 is 5.07. The van der Waals surface area contributed by atoms with Crippen molar-refractivity contribution in [3.63, 3.8) is 0 Å². The van der Waals surface area contributed by atoms with Crippen molar-refractivity contribution >= 4 is 6.09 Å². The van der Waals surface area contributed by atoms with Crippen LogP contribution in [0.25, 0.3) is 0 Å². The summed E-state index contributed by atoms with van der Waals surface area (Å²) in [6.45, 7) is 5.50. The van der Waals surface area contributed by atoms with Gasteiger partial charge in [0.15, 0.2) is 0 Å². The van der Waals surface area contributed by atoms with Gasteiger partial charge in [-0.3, -0.25) is 0 Å².